The molecule has 1 N–H and O–H groups in total. The number of amides is 1. The molecule has 0 saturated heterocycles. The fourth-order valence-corrected chi connectivity index (χ4v) is 3.54. The number of nitrogens with one attached hydrogen (secondary N) is 1. The van der Waals surface area contributed by atoms with E-state index in [4.69, 9.17) is 4.74 Å². The van der Waals surface area contributed by atoms with E-state index in [1.54, 1.807) is 24.2 Å². The van der Waals surface area contributed by atoms with Crippen molar-refractivity contribution in [2.45, 2.75) is 13.1 Å². The number of imidazole rings is 1. The first-order valence-corrected chi connectivity index (χ1v) is 9.56. The van der Waals surface area contributed by atoms with Crippen molar-refractivity contribution in [1.82, 2.24) is 23.7 Å². The second-order valence-corrected chi connectivity index (χ2v) is 7.04. The second kappa shape index (κ2) is 7.40. The SMILES string of the molecule is COc1ccc2c(ccn2CC(=O)Nc2cnn(Cc3cn4ccccc4n3)c2)c1. The van der Waals surface area contributed by atoms with Crippen molar-refractivity contribution in [2.75, 3.05) is 12.4 Å². The summed E-state index contributed by atoms with van der Waals surface area (Å²) in [5.41, 5.74) is 3.43. The Bertz CT molecular complexity index is 1310. The zero-order valence-electron chi connectivity index (χ0n) is 16.4. The maximum Gasteiger partial charge on any atom is 0.244 e. The molecule has 5 aromatic rings. The number of fused-ring (bicyclic) bond motifs is 2. The highest BCUT2D eigenvalue weighted by Gasteiger charge is 2.10. The number of carbonyl (C=O) groups is 1. The second-order valence-electron chi connectivity index (χ2n) is 7.04. The molecule has 0 bridgehead atoms. The average molecular weight is 400 g/mol. The summed E-state index contributed by atoms with van der Waals surface area (Å²) in [5.74, 6) is 0.679. The lowest BCUT2D eigenvalue weighted by atomic mass is 10.2. The molecule has 8 nitrogen and oxygen atoms in total. The van der Waals surface area contributed by atoms with Gasteiger partial charge >= 0.3 is 0 Å². The number of methoxy groups -OCH3 is 1. The topological polar surface area (TPSA) is 78.4 Å². The Morgan fingerprint density at radius 3 is 2.93 bits per heavy atom. The smallest absolute Gasteiger partial charge is 0.244 e. The Hall–Kier alpha value is -4.07. The normalized spacial score (nSPS) is 11.2. The first-order valence-electron chi connectivity index (χ1n) is 9.56. The van der Waals surface area contributed by atoms with Gasteiger partial charge in [-0.25, -0.2) is 4.98 Å². The maximum atomic E-state index is 12.5. The number of hydrogen-bond acceptors (Lipinski definition) is 4. The van der Waals surface area contributed by atoms with Crippen LogP contribution in [0.5, 0.6) is 5.75 Å². The van der Waals surface area contributed by atoms with Crippen LogP contribution in [0.4, 0.5) is 5.69 Å². The molecule has 1 aromatic carbocycles. The summed E-state index contributed by atoms with van der Waals surface area (Å²) in [6.45, 7) is 0.745. The predicted molar refractivity (Wildman–Crippen MR) is 114 cm³/mol. The standard InChI is InChI=1S/C22H20N6O2/c1-30-19-5-6-20-16(10-19)7-9-26(20)15-22(29)25-17-11-23-28(13-17)14-18-12-27-8-3-2-4-21(27)24-18/h2-13H,14-15H2,1H3,(H,25,29). The van der Waals surface area contributed by atoms with Gasteiger partial charge in [0.15, 0.2) is 0 Å². The van der Waals surface area contributed by atoms with Gasteiger partial charge in [-0.15, -0.1) is 0 Å². The van der Waals surface area contributed by atoms with Gasteiger partial charge in [0.2, 0.25) is 5.91 Å². The first kappa shape index (κ1) is 18.0. The molecule has 0 atom stereocenters. The average Bonchev–Trinajstić information content (AvgIpc) is 3.46. The molecule has 8 heteroatoms. The summed E-state index contributed by atoms with van der Waals surface area (Å²) in [6, 6.07) is 13.6. The van der Waals surface area contributed by atoms with E-state index in [1.807, 2.05) is 70.0 Å². The number of hydrogen-bond donors (Lipinski definition) is 1. The number of ether oxygens (including phenoxy) is 1. The van der Waals surface area contributed by atoms with Crippen LogP contribution in [0.15, 0.2) is 73.4 Å². The van der Waals surface area contributed by atoms with Gasteiger partial charge in [-0.05, 0) is 36.4 Å². The minimum atomic E-state index is -0.115. The number of pyridine rings is 1. The van der Waals surface area contributed by atoms with Crippen LogP contribution in [-0.2, 0) is 17.9 Å². The van der Waals surface area contributed by atoms with Crippen LogP contribution in [0.2, 0.25) is 0 Å². The van der Waals surface area contributed by atoms with Crippen molar-refractivity contribution in [1.29, 1.82) is 0 Å². The summed E-state index contributed by atoms with van der Waals surface area (Å²) in [5, 5.41) is 8.27. The Balaban J connectivity index is 1.25. The third kappa shape index (κ3) is 3.50. The van der Waals surface area contributed by atoms with E-state index in [-0.39, 0.29) is 12.5 Å². The number of rotatable bonds is 6. The fourth-order valence-electron chi connectivity index (χ4n) is 3.54. The van der Waals surface area contributed by atoms with Crippen molar-refractivity contribution in [3.8, 4) is 5.75 Å². The highest BCUT2D eigenvalue weighted by molar-refractivity contribution is 5.92. The molecule has 5 rings (SSSR count). The van der Waals surface area contributed by atoms with Crippen LogP contribution >= 0.6 is 0 Å². The number of anilines is 1. The molecule has 0 saturated carbocycles. The van der Waals surface area contributed by atoms with E-state index in [1.165, 1.54) is 0 Å². The van der Waals surface area contributed by atoms with E-state index in [9.17, 15) is 4.79 Å². The van der Waals surface area contributed by atoms with E-state index >= 15 is 0 Å². The molecule has 0 aliphatic carbocycles. The van der Waals surface area contributed by atoms with Crippen molar-refractivity contribution in [3.63, 3.8) is 0 Å². The van der Waals surface area contributed by atoms with Gasteiger partial charge in [0.1, 0.15) is 17.9 Å². The molecule has 0 spiro atoms. The molecule has 150 valence electrons. The largest absolute Gasteiger partial charge is 0.497 e. The van der Waals surface area contributed by atoms with E-state index in [0.29, 0.717) is 12.2 Å². The van der Waals surface area contributed by atoms with Gasteiger partial charge < -0.3 is 19.0 Å². The van der Waals surface area contributed by atoms with Crippen LogP contribution in [0.1, 0.15) is 5.69 Å². The molecular weight excluding hydrogens is 380 g/mol. The quantitative estimate of drug-likeness (QED) is 0.475. The van der Waals surface area contributed by atoms with Crippen LogP contribution in [0.3, 0.4) is 0 Å². The van der Waals surface area contributed by atoms with E-state index in [0.717, 1.165) is 28.0 Å². The number of nitrogens with zero attached hydrogens (tertiary/aromatic N) is 5. The number of carbonyl (C=O) groups excluding carboxylic acids is 1. The first-order chi connectivity index (χ1) is 14.7. The molecule has 0 aliphatic heterocycles. The van der Waals surface area contributed by atoms with Crippen molar-refractivity contribution in [2.24, 2.45) is 0 Å². The lowest BCUT2D eigenvalue weighted by Crippen LogP contribution is -2.17. The fraction of sp³-hybridized carbons (Fsp3) is 0.136. The Morgan fingerprint density at radius 1 is 1.13 bits per heavy atom. The molecule has 0 aliphatic rings. The van der Waals surface area contributed by atoms with Crippen LogP contribution in [-0.4, -0.2) is 36.7 Å². The summed E-state index contributed by atoms with van der Waals surface area (Å²) < 4.78 is 10.9. The summed E-state index contributed by atoms with van der Waals surface area (Å²) >= 11 is 0. The molecule has 0 fully saturated rings. The molecule has 0 unspecified atom stereocenters. The molecule has 30 heavy (non-hydrogen) atoms. The predicted octanol–water partition coefficient (Wildman–Crippen LogP) is 3.18. The molecule has 1 amide bonds. The Kier molecular flexibility index (Phi) is 4.44. The van der Waals surface area contributed by atoms with Gasteiger partial charge in [-0.3, -0.25) is 9.48 Å². The summed E-state index contributed by atoms with van der Waals surface area (Å²) in [4.78, 5) is 17.1. The van der Waals surface area contributed by atoms with Crippen molar-refractivity contribution < 1.29 is 9.53 Å². The third-order valence-corrected chi connectivity index (χ3v) is 4.95. The zero-order chi connectivity index (χ0) is 20.5. The minimum absolute atomic E-state index is 0.115. The number of benzene rings is 1. The monoisotopic (exact) mass is 400 g/mol. The van der Waals surface area contributed by atoms with Crippen molar-refractivity contribution >= 4 is 28.1 Å². The number of aromatic nitrogens is 5. The highest BCUT2D eigenvalue weighted by Crippen LogP contribution is 2.22. The van der Waals surface area contributed by atoms with Gasteiger partial charge in [0.25, 0.3) is 0 Å². The highest BCUT2D eigenvalue weighted by atomic mass is 16.5. The lowest BCUT2D eigenvalue weighted by Gasteiger charge is -2.06. The van der Waals surface area contributed by atoms with E-state index in [2.05, 4.69) is 15.4 Å². The zero-order valence-corrected chi connectivity index (χ0v) is 16.4. The third-order valence-electron chi connectivity index (χ3n) is 4.95. The van der Waals surface area contributed by atoms with Gasteiger partial charge in [-0.2, -0.15) is 5.10 Å². The Morgan fingerprint density at radius 2 is 2.07 bits per heavy atom. The molecule has 0 radical (unpaired) electrons. The Labute approximate surface area is 172 Å². The molecular formula is C22H20N6O2. The van der Waals surface area contributed by atoms with E-state index < -0.39 is 0 Å². The molecule has 4 heterocycles. The maximum absolute atomic E-state index is 12.5. The van der Waals surface area contributed by atoms with Crippen LogP contribution < -0.4 is 10.1 Å². The summed E-state index contributed by atoms with van der Waals surface area (Å²) in [6.07, 6.45) is 9.28. The lowest BCUT2D eigenvalue weighted by molar-refractivity contribution is -0.116. The van der Waals surface area contributed by atoms with Crippen molar-refractivity contribution in [3.05, 3.63) is 79.1 Å². The van der Waals surface area contributed by atoms with Crippen LogP contribution in [0.25, 0.3) is 16.6 Å². The van der Waals surface area contributed by atoms with Gasteiger partial charge in [0.05, 0.1) is 31.2 Å². The minimum Gasteiger partial charge on any atom is -0.497 e. The van der Waals surface area contributed by atoms with Gasteiger partial charge in [0, 0.05) is 35.7 Å². The summed E-state index contributed by atoms with van der Waals surface area (Å²) in [7, 11) is 1.64. The van der Waals surface area contributed by atoms with Crippen LogP contribution in [0, 0.1) is 0 Å². The molecule has 4 aromatic heterocycles. The van der Waals surface area contributed by atoms with Gasteiger partial charge in [-0.1, -0.05) is 6.07 Å².